The van der Waals surface area contributed by atoms with E-state index in [4.69, 9.17) is 10.00 Å². The normalized spacial score (nSPS) is 9.68. The second kappa shape index (κ2) is 6.17. The molecule has 0 aliphatic rings. The van der Waals surface area contributed by atoms with Gasteiger partial charge in [0.15, 0.2) is 6.29 Å². The SMILES string of the molecule is N#CCc1ccc(Oc2cc(Br)ccc2C=O)cc1. The van der Waals surface area contributed by atoms with Crippen molar-refractivity contribution in [1.29, 1.82) is 5.26 Å². The third-order valence-corrected chi connectivity index (χ3v) is 3.03. The summed E-state index contributed by atoms with van der Waals surface area (Å²) in [5.41, 5.74) is 1.42. The number of carbonyl (C=O) groups is 1. The molecule has 0 saturated carbocycles. The predicted molar refractivity (Wildman–Crippen MR) is 75.4 cm³/mol. The fourth-order valence-electron chi connectivity index (χ4n) is 1.59. The molecular formula is C15H10BrNO2. The van der Waals surface area contributed by atoms with Gasteiger partial charge in [0.1, 0.15) is 11.5 Å². The van der Waals surface area contributed by atoms with E-state index in [1.165, 1.54) is 0 Å². The third kappa shape index (κ3) is 3.43. The van der Waals surface area contributed by atoms with Crippen LogP contribution in [0.4, 0.5) is 0 Å². The van der Waals surface area contributed by atoms with Crippen LogP contribution in [0, 0.1) is 11.3 Å². The highest BCUT2D eigenvalue weighted by molar-refractivity contribution is 9.10. The first-order chi connectivity index (χ1) is 9.22. The number of carbonyl (C=O) groups excluding carboxylic acids is 1. The Kier molecular flexibility index (Phi) is 4.32. The zero-order chi connectivity index (χ0) is 13.7. The number of nitriles is 1. The molecule has 3 nitrogen and oxygen atoms in total. The maximum Gasteiger partial charge on any atom is 0.153 e. The topological polar surface area (TPSA) is 50.1 Å². The first-order valence-electron chi connectivity index (χ1n) is 5.61. The molecule has 0 unspecified atom stereocenters. The summed E-state index contributed by atoms with van der Waals surface area (Å²) in [7, 11) is 0. The third-order valence-electron chi connectivity index (χ3n) is 2.54. The van der Waals surface area contributed by atoms with Gasteiger partial charge in [-0.25, -0.2) is 0 Å². The standard InChI is InChI=1S/C15H10BrNO2/c16-13-4-3-12(10-18)15(9-13)19-14-5-1-11(2-6-14)7-8-17/h1-6,9-10H,7H2. The van der Waals surface area contributed by atoms with E-state index >= 15 is 0 Å². The maximum atomic E-state index is 10.9. The minimum atomic E-state index is 0.372. The van der Waals surface area contributed by atoms with Gasteiger partial charge < -0.3 is 4.74 Å². The number of hydrogen-bond donors (Lipinski definition) is 0. The van der Waals surface area contributed by atoms with Crippen molar-refractivity contribution < 1.29 is 9.53 Å². The monoisotopic (exact) mass is 315 g/mol. The number of aldehydes is 1. The Labute approximate surface area is 119 Å². The molecule has 0 bridgehead atoms. The lowest BCUT2D eigenvalue weighted by atomic mass is 10.1. The number of hydrogen-bond acceptors (Lipinski definition) is 3. The van der Waals surface area contributed by atoms with Gasteiger partial charge in [0, 0.05) is 4.47 Å². The fraction of sp³-hybridized carbons (Fsp3) is 0.0667. The number of rotatable bonds is 4. The van der Waals surface area contributed by atoms with Crippen molar-refractivity contribution in [1.82, 2.24) is 0 Å². The van der Waals surface area contributed by atoms with Crippen LogP contribution in [0.5, 0.6) is 11.5 Å². The summed E-state index contributed by atoms with van der Waals surface area (Å²) in [6.07, 6.45) is 1.13. The zero-order valence-corrected chi connectivity index (χ0v) is 11.6. The molecule has 2 rings (SSSR count). The molecular weight excluding hydrogens is 306 g/mol. The molecule has 0 spiro atoms. The van der Waals surface area contributed by atoms with E-state index in [0.29, 0.717) is 23.5 Å². The molecule has 94 valence electrons. The van der Waals surface area contributed by atoms with Gasteiger partial charge in [-0.3, -0.25) is 4.79 Å². The molecule has 0 radical (unpaired) electrons. The van der Waals surface area contributed by atoms with Gasteiger partial charge in [0.25, 0.3) is 0 Å². The van der Waals surface area contributed by atoms with Crippen LogP contribution in [-0.4, -0.2) is 6.29 Å². The summed E-state index contributed by atoms with van der Waals surface area (Å²) in [6.45, 7) is 0. The first-order valence-corrected chi connectivity index (χ1v) is 6.40. The largest absolute Gasteiger partial charge is 0.457 e. The Bertz CT molecular complexity index is 630. The average molecular weight is 316 g/mol. The Morgan fingerprint density at radius 2 is 1.95 bits per heavy atom. The van der Waals surface area contributed by atoms with Crippen molar-refractivity contribution in [3.63, 3.8) is 0 Å². The molecule has 4 heteroatoms. The Morgan fingerprint density at radius 1 is 1.21 bits per heavy atom. The van der Waals surface area contributed by atoms with Gasteiger partial charge in [-0.15, -0.1) is 0 Å². The number of halogens is 1. The van der Waals surface area contributed by atoms with Gasteiger partial charge in [0.2, 0.25) is 0 Å². The minimum absolute atomic E-state index is 0.372. The van der Waals surface area contributed by atoms with Crippen LogP contribution in [0.15, 0.2) is 46.9 Å². The van der Waals surface area contributed by atoms with Crippen molar-refractivity contribution in [2.24, 2.45) is 0 Å². The van der Waals surface area contributed by atoms with Gasteiger partial charge >= 0.3 is 0 Å². The quantitative estimate of drug-likeness (QED) is 0.797. The Morgan fingerprint density at radius 3 is 2.58 bits per heavy atom. The lowest BCUT2D eigenvalue weighted by Crippen LogP contribution is -1.91. The molecule has 0 fully saturated rings. The van der Waals surface area contributed by atoms with Crippen LogP contribution in [-0.2, 0) is 6.42 Å². The van der Waals surface area contributed by atoms with Crippen LogP contribution in [0.25, 0.3) is 0 Å². The van der Waals surface area contributed by atoms with Crippen LogP contribution >= 0.6 is 15.9 Å². The van der Waals surface area contributed by atoms with Gasteiger partial charge in [-0.1, -0.05) is 28.1 Å². The number of ether oxygens (including phenoxy) is 1. The van der Waals surface area contributed by atoms with Crippen molar-refractivity contribution in [3.05, 3.63) is 58.1 Å². The second-order valence-electron chi connectivity index (χ2n) is 3.88. The van der Waals surface area contributed by atoms with E-state index in [9.17, 15) is 4.79 Å². The molecule has 0 aliphatic carbocycles. The van der Waals surface area contributed by atoms with Gasteiger partial charge in [-0.05, 0) is 35.9 Å². The maximum absolute atomic E-state index is 10.9. The van der Waals surface area contributed by atoms with E-state index in [2.05, 4.69) is 22.0 Å². The van der Waals surface area contributed by atoms with Crippen LogP contribution < -0.4 is 4.74 Å². The van der Waals surface area contributed by atoms with E-state index in [1.807, 2.05) is 12.1 Å². The van der Waals surface area contributed by atoms with Crippen molar-refractivity contribution >= 4 is 22.2 Å². The summed E-state index contributed by atoms with van der Waals surface area (Å²) >= 11 is 3.34. The van der Waals surface area contributed by atoms with E-state index in [0.717, 1.165) is 16.3 Å². The first kappa shape index (κ1) is 13.3. The molecule has 0 heterocycles. The summed E-state index contributed by atoms with van der Waals surface area (Å²) < 4.78 is 6.51. The summed E-state index contributed by atoms with van der Waals surface area (Å²) in [6, 6.07) is 14.5. The zero-order valence-electron chi connectivity index (χ0n) is 9.97. The number of nitrogens with zero attached hydrogens (tertiary/aromatic N) is 1. The lowest BCUT2D eigenvalue weighted by molar-refractivity contribution is 0.112. The Hall–Kier alpha value is -2.12. The molecule has 19 heavy (non-hydrogen) atoms. The molecule has 0 saturated heterocycles. The molecule has 0 aromatic heterocycles. The fourth-order valence-corrected chi connectivity index (χ4v) is 1.93. The smallest absolute Gasteiger partial charge is 0.153 e. The highest BCUT2D eigenvalue weighted by atomic mass is 79.9. The molecule has 2 aromatic carbocycles. The summed E-state index contributed by atoms with van der Waals surface area (Å²) in [5.74, 6) is 1.13. The van der Waals surface area contributed by atoms with Crippen molar-refractivity contribution in [2.75, 3.05) is 0 Å². The van der Waals surface area contributed by atoms with Crippen LogP contribution in [0.3, 0.4) is 0 Å². The van der Waals surface area contributed by atoms with E-state index < -0.39 is 0 Å². The number of benzene rings is 2. The van der Waals surface area contributed by atoms with Crippen LogP contribution in [0.1, 0.15) is 15.9 Å². The van der Waals surface area contributed by atoms with Crippen LogP contribution in [0.2, 0.25) is 0 Å². The molecule has 0 aliphatic heterocycles. The van der Waals surface area contributed by atoms with E-state index in [1.54, 1.807) is 30.3 Å². The Balaban J connectivity index is 2.23. The predicted octanol–water partition coefficient (Wildman–Crippen LogP) is 4.12. The van der Waals surface area contributed by atoms with Gasteiger partial charge in [-0.2, -0.15) is 5.26 Å². The molecule has 2 aromatic rings. The molecule has 0 atom stereocenters. The van der Waals surface area contributed by atoms with Crippen molar-refractivity contribution in [3.8, 4) is 17.6 Å². The summed E-state index contributed by atoms with van der Waals surface area (Å²) in [4.78, 5) is 10.9. The average Bonchev–Trinajstić information content (AvgIpc) is 2.42. The highest BCUT2D eigenvalue weighted by Crippen LogP contribution is 2.27. The second-order valence-corrected chi connectivity index (χ2v) is 4.80. The molecule has 0 amide bonds. The molecule has 0 N–H and O–H groups in total. The summed E-state index contributed by atoms with van der Waals surface area (Å²) in [5, 5.41) is 8.60. The lowest BCUT2D eigenvalue weighted by Gasteiger charge is -2.08. The van der Waals surface area contributed by atoms with Gasteiger partial charge in [0.05, 0.1) is 18.1 Å². The van der Waals surface area contributed by atoms with Crippen molar-refractivity contribution in [2.45, 2.75) is 6.42 Å². The minimum Gasteiger partial charge on any atom is -0.457 e. The highest BCUT2D eigenvalue weighted by Gasteiger charge is 2.05. The van der Waals surface area contributed by atoms with E-state index in [-0.39, 0.29) is 0 Å².